The number of nitrogens with one attached hydrogen (secondary N) is 1. The minimum absolute atomic E-state index is 0.0101. The number of allylic oxidation sites excluding steroid dienone is 8. The van der Waals surface area contributed by atoms with Crippen LogP contribution in [0.4, 0.5) is 11.4 Å². The molecule has 0 saturated heterocycles. The molecule has 0 bridgehead atoms. The molecule has 0 radical (unpaired) electrons. The van der Waals surface area contributed by atoms with Crippen LogP contribution in [0.3, 0.4) is 0 Å². The summed E-state index contributed by atoms with van der Waals surface area (Å²) in [5.41, 5.74) is 2.98. The van der Waals surface area contributed by atoms with Gasteiger partial charge in [0.1, 0.15) is 6.54 Å². The lowest BCUT2D eigenvalue weighted by molar-refractivity contribution is -0.437. The number of fused-ring (bicyclic) bond motifs is 2. The Morgan fingerprint density at radius 1 is 0.725 bits per heavy atom. The van der Waals surface area contributed by atoms with Crippen LogP contribution in [0, 0.1) is 0 Å². The second kappa shape index (κ2) is 21.2. The number of sulfonamides is 2. The Balaban J connectivity index is 1.31. The highest BCUT2D eigenvalue weighted by molar-refractivity contribution is 7.89. The van der Waals surface area contributed by atoms with Crippen LogP contribution >= 0.6 is 0 Å². The van der Waals surface area contributed by atoms with Crippen molar-refractivity contribution >= 4 is 73.4 Å². The first-order valence-electron chi connectivity index (χ1n) is 21.5. The molecule has 376 valence electrons. The molecule has 0 spiro atoms. The Morgan fingerprint density at radius 2 is 1.30 bits per heavy atom. The minimum atomic E-state index is -4.51. The molecule has 0 atom stereocenters. The number of rotatable bonds is 22. The third-order valence-corrected chi connectivity index (χ3v) is 17.1. The lowest BCUT2D eigenvalue weighted by Gasteiger charge is -2.27. The summed E-state index contributed by atoms with van der Waals surface area (Å²) in [6.45, 7) is 8.02. The number of anilines is 1. The van der Waals surface area contributed by atoms with Gasteiger partial charge in [-0.2, -0.15) is 29.8 Å². The Bertz CT molecular complexity index is 3200. The van der Waals surface area contributed by atoms with E-state index in [0.29, 0.717) is 39.5 Å². The van der Waals surface area contributed by atoms with E-state index >= 15 is 0 Å². The highest BCUT2D eigenvalue weighted by Crippen LogP contribution is 2.48. The van der Waals surface area contributed by atoms with Crippen LogP contribution in [0.5, 0.6) is 0 Å². The number of nitrogens with zero attached hydrogens (tertiary/aromatic N) is 3. The third kappa shape index (κ3) is 13.9. The molecule has 0 unspecified atom stereocenters. The smallest absolute Gasteiger partial charge is 0.294 e. The van der Waals surface area contributed by atoms with Crippen molar-refractivity contribution in [2.45, 2.75) is 85.4 Å². The van der Waals surface area contributed by atoms with Gasteiger partial charge < -0.3 is 10.2 Å². The lowest BCUT2D eigenvalue weighted by Crippen LogP contribution is -2.30. The number of benzene rings is 3. The van der Waals surface area contributed by atoms with E-state index < -0.39 is 72.7 Å². The number of carbonyl (C=O) groups is 1. The summed E-state index contributed by atoms with van der Waals surface area (Å²) in [4.78, 5) is 14.1. The van der Waals surface area contributed by atoms with Gasteiger partial charge in [0, 0.05) is 74.0 Å². The van der Waals surface area contributed by atoms with Crippen molar-refractivity contribution in [3.63, 3.8) is 0 Å². The number of nitrogens with two attached hydrogens (primary N) is 1. The average molecular weight is 1050 g/mol. The Hall–Kier alpha value is -4.89. The zero-order valence-electron chi connectivity index (χ0n) is 38.7. The summed E-state index contributed by atoms with van der Waals surface area (Å²) in [6.07, 6.45) is 12.7. The van der Waals surface area contributed by atoms with Crippen molar-refractivity contribution in [3.8, 4) is 0 Å². The molecule has 1 amide bonds. The van der Waals surface area contributed by atoms with Crippen LogP contribution in [-0.2, 0) is 72.6 Å². The van der Waals surface area contributed by atoms with E-state index in [-0.39, 0.29) is 72.5 Å². The van der Waals surface area contributed by atoms with Crippen LogP contribution in [0.25, 0.3) is 0 Å². The molecule has 24 heteroatoms. The SMILES string of the molecule is CN(CCCC(=O)NCc1ccc(S(N)(=O)=O)cc1)S(=O)(=O)c1ccc2c(c1)C(C)(C)C(/C=C/C=C/C=C/C=C1/N(CCCS(=O)(=O)O)c3ccc(S(=O)(=O)O)cc3C1(C)C)=[N+]2CCCS(=O)(=O)O. The minimum Gasteiger partial charge on any atom is -0.352 e. The van der Waals surface area contributed by atoms with Gasteiger partial charge in [0.15, 0.2) is 5.71 Å². The highest BCUT2D eigenvalue weighted by Gasteiger charge is 2.45. The molecule has 2 heterocycles. The highest BCUT2D eigenvalue weighted by atomic mass is 32.2. The lowest BCUT2D eigenvalue weighted by atomic mass is 9.81. The number of hydrogen-bond acceptors (Lipinski definition) is 12. The van der Waals surface area contributed by atoms with Gasteiger partial charge in [-0.05, 0) is 86.4 Å². The molecule has 69 heavy (non-hydrogen) atoms. The second-order valence-electron chi connectivity index (χ2n) is 17.6. The topological polar surface area (TPSA) is 296 Å². The van der Waals surface area contributed by atoms with Crippen LogP contribution in [-0.4, -0.2) is 114 Å². The van der Waals surface area contributed by atoms with E-state index in [1.807, 2.05) is 43.2 Å². The number of hydrogen-bond donors (Lipinski definition) is 5. The Labute approximate surface area is 405 Å². The molecule has 6 N–H and O–H groups in total. The van der Waals surface area contributed by atoms with Gasteiger partial charge in [0.2, 0.25) is 31.6 Å². The first-order valence-corrected chi connectivity index (χ1v) is 29.1. The predicted octanol–water partition coefficient (Wildman–Crippen LogP) is 4.58. The maximum Gasteiger partial charge on any atom is 0.294 e. The van der Waals surface area contributed by atoms with E-state index in [0.717, 1.165) is 4.31 Å². The molecule has 0 aromatic heterocycles. The van der Waals surface area contributed by atoms with Gasteiger partial charge in [-0.15, -0.1) is 0 Å². The van der Waals surface area contributed by atoms with E-state index in [2.05, 4.69) is 5.32 Å². The molecule has 0 fully saturated rings. The van der Waals surface area contributed by atoms with Crippen molar-refractivity contribution in [2.75, 3.05) is 43.1 Å². The van der Waals surface area contributed by atoms with E-state index in [1.54, 1.807) is 48.6 Å². The fourth-order valence-electron chi connectivity index (χ4n) is 8.26. The molecule has 3 aromatic carbocycles. The predicted molar refractivity (Wildman–Crippen MR) is 262 cm³/mol. The molecule has 0 saturated carbocycles. The Morgan fingerprint density at radius 3 is 1.93 bits per heavy atom. The monoisotopic (exact) mass is 1050 g/mol. The summed E-state index contributed by atoms with van der Waals surface area (Å²) >= 11 is 0. The van der Waals surface area contributed by atoms with Crippen molar-refractivity contribution in [2.24, 2.45) is 5.14 Å². The summed E-state index contributed by atoms with van der Waals surface area (Å²) in [5, 5.41) is 7.86. The fourth-order valence-corrected chi connectivity index (χ4v) is 11.5. The molecular formula is C45H58N5O14S5+. The molecule has 5 rings (SSSR count). The van der Waals surface area contributed by atoms with Crippen LogP contribution in [0.2, 0.25) is 0 Å². The normalized spacial score (nSPS) is 17.0. The van der Waals surface area contributed by atoms with Crippen LogP contribution < -0.4 is 15.4 Å². The largest absolute Gasteiger partial charge is 0.352 e. The van der Waals surface area contributed by atoms with Crippen LogP contribution in [0.1, 0.15) is 70.1 Å². The van der Waals surface area contributed by atoms with Gasteiger partial charge in [-0.1, -0.05) is 56.4 Å². The first-order chi connectivity index (χ1) is 31.8. The van der Waals surface area contributed by atoms with Crippen molar-refractivity contribution < 1.29 is 65.1 Å². The summed E-state index contributed by atoms with van der Waals surface area (Å²) in [5.74, 6) is -1.32. The van der Waals surface area contributed by atoms with Crippen molar-refractivity contribution in [1.82, 2.24) is 9.62 Å². The Kier molecular flexibility index (Phi) is 16.9. The summed E-state index contributed by atoms with van der Waals surface area (Å²) in [6, 6.07) is 14.6. The van der Waals surface area contributed by atoms with E-state index in [9.17, 15) is 60.5 Å². The number of amides is 1. The van der Waals surface area contributed by atoms with Crippen molar-refractivity contribution in [1.29, 1.82) is 0 Å². The van der Waals surface area contributed by atoms with Crippen molar-refractivity contribution in [3.05, 3.63) is 126 Å². The fraction of sp³-hybridized carbons (Fsp3) is 0.378. The van der Waals surface area contributed by atoms with Gasteiger partial charge in [-0.25, -0.2) is 26.3 Å². The van der Waals surface area contributed by atoms with E-state index in [4.69, 9.17) is 5.14 Å². The standard InChI is InChI=1S/C45H57N5O14S5/c1-44(2)37-30-35(68(60,61)48(5)25-11-16-43(51)47-32-33-17-19-34(20-18-33)67(46,58)59)21-23-39(37)49(26-12-28-65(52,53)54)41(44)14-9-7-6-8-10-15-42-45(3,4)38-31-36(69(62,63)64)22-24-40(38)50(42)27-13-29-66(55,56)57/h6-10,14-15,17-24,30-31H,11-13,16,25-29,32H2,1-5H3,(H5-,46,47,51,52,53,54,55,56,57,58,59,62,63,64)/p+1. The maximum absolute atomic E-state index is 13.9. The summed E-state index contributed by atoms with van der Waals surface area (Å²) in [7, 11) is -19.5. The first kappa shape index (κ1) is 55.0. The van der Waals surface area contributed by atoms with Gasteiger partial charge in [-0.3, -0.25) is 18.5 Å². The summed E-state index contributed by atoms with van der Waals surface area (Å²) < 4.78 is 153. The maximum atomic E-state index is 13.9. The molecule has 19 nitrogen and oxygen atoms in total. The molecule has 2 aliphatic rings. The average Bonchev–Trinajstić information content (AvgIpc) is 3.58. The zero-order valence-corrected chi connectivity index (χ0v) is 42.8. The third-order valence-electron chi connectivity index (χ3n) is 11.9. The van der Waals surface area contributed by atoms with Crippen LogP contribution in [0.15, 0.2) is 124 Å². The number of carbonyl (C=O) groups excluding carboxylic acids is 1. The molecule has 3 aromatic rings. The molecule has 0 aliphatic carbocycles. The zero-order chi connectivity index (χ0) is 51.4. The molecular weight excluding hydrogens is 995 g/mol. The molecule has 2 aliphatic heterocycles. The number of primary sulfonamides is 1. The quantitative estimate of drug-likeness (QED) is 0.0523. The van der Waals surface area contributed by atoms with E-state index in [1.165, 1.54) is 55.6 Å². The second-order valence-corrected chi connectivity index (χ2v) is 25.8. The van der Waals surface area contributed by atoms with Gasteiger partial charge in [0.25, 0.3) is 30.4 Å². The van der Waals surface area contributed by atoms with Gasteiger partial charge in [0.05, 0.1) is 31.6 Å². The van der Waals surface area contributed by atoms with Gasteiger partial charge >= 0.3 is 0 Å².